The minimum atomic E-state index is 0.0467. The summed E-state index contributed by atoms with van der Waals surface area (Å²) in [5.74, 6) is 1.07. The van der Waals surface area contributed by atoms with Crippen LogP contribution in [0.15, 0.2) is 24.4 Å². The van der Waals surface area contributed by atoms with Crippen LogP contribution in [0.25, 0.3) is 11.3 Å². The molecule has 1 aliphatic carbocycles. The van der Waals surface area contributed by atoms with Crippen molar-refractivity contribution in [1.29, 1.82) is 0 Å². The van der Waals surface area contributed by atoms with Crippen LogP contribution in [0, 0.1) is 0 Å². The van der Waals surface area contributed by atoms with E-state index >= 15 is 0 Å². The van der Waals surface area contributed by atoms with Gasteiger partial charge in [0.2, 0.25) is 0 Å². The lowest BCUT2D eigenvalue weighted by molar-refractivity contribution is 0.0937. The van der Waals surface area contributed by atoms with E-state index in [9.17, 15) is 4.79 Å². The summed E-state index contributed by atoms with van der Waals surface area (Å²) in [6, 6.07) is 6.86. The highest BCUT2D eigenvalue weighted by Gasteiger charge is 2.50. The van der Waals surface area contributed by atoms with Gasteiger partial charge >= 0.3 is 0 Å². The summed E-state index contributed by atoms with van der Waals surface area (Å²) in [5.41, 5.74) is 4.23. The number of hydrogen-bond acceptors (Lipinski definition) is 4. The summed E-state index contributed by atoms with van der Waals surface area (Å²) in [4.78, 5) is 25.5. The summed E-state index contributed by atoms with van der Waals surface area (Å²) in [6.45, 7) is 9.51. The SMILES string of the molecule is CCC(C)N1CCN(c2cc(-c3cc4c([nH]3)C3(CC3)CNC4=O)ccn2)CC1. The van der Waals surface area contributed by atoms with Crippen molar-refractivity contribution in [2.45, 2.75) is 44.6 Å². The predicted octanol–water partition coefficient (Wildman–Crippen LogP) is 2.77. The second-order valence-electron chi connectivity index (χ2n) is 8.62. The number of aromatic amines is 1. The molecule has 148 valence electrons. The Morgan fingerprint density at radius 2 is 2.00 bits per heavy atom. The van der Waals surface area contributed by atoms with Crippen molar-refractivity contribution in [2.24, 2.45) is 0 Å². The van der Waals surface area contributed by atoms with Gasteiger partial charge in [0.1, 0.15) is 5.82 Å². The second-order valence-corrected chi connectivity index (χ2v) is 8.62. The molecule has 3 aliphatic rings. The number of amides is 1. The van der Waals surface area contributed by atoms with E-state index in [1.165, 1.54) is 6.42 Å². The van der Waals surface area contributed by atoms with Crippen LogP contribution < -0.4 is 10.2 Å². The highest BCUT2D eigenvalue weighted by molar-refractivity contribution is 5.98. The minimum Gasteiger partial charge on any atom is -0.357 e. The molecule has 1 saturated heterocycles. The number of fused-ring (bicyclic) bond motifs is 2. The maximum atomic E-state index is 12.3. The molecule has 2 N–H and O–H groups in total. The molecule has 1 amide bonds. The lowest BCUT2D eigenvalue weighted by Gasteiger charge is -2.38. The van der Waals surface area contributed by atoms with Crippen molar-refractivity contribution < 1.29 is 4.79 Å². The molecule has 0 bridgehead atoms. The molecule has 1 spiro atoms. The molecule has 5 rings (SSSR count). The van der Waals surface area contributed by atoms with Gasteiger partial charge in [0.15, 0.2) is 0 Å². The highest BCUT2D eigenvalue weighted by Crippen LogP contribution is 2.50. The van der Waals surface area contributed by atoms with E-state index in [0.717, 1.165) is 73.9 Å². The Morgan fingerprint density at radius 3 is 2.71 bits per heavy atom. The number of rotatable bonds is 4. The van der Waals surface area contributed by atoms with E-state index in [1.54, 1.807) is 0 Å². The van der Waals surface area contributed by atoms with Crippen LogP contribution in [-0.4, -0.2) is 59.5 Å². The summed E-state index contributed by atoms with van der Waals surface area (Å²) >= 11 is 0. The van der Waals surface area contributed by atoms with Crippen molar-refractivity contribution in [3.8, 4) is 11.3 Å². The highest BCUT2D eigenvalue weighted by atomic mass is 16.1. The molecular weight excluding hydrogens is 350 g/mol. The van der Waals surface area contributed by atoms with Gasteiger partial charge in [0.05, 0.1) is 5.56 Å². The van der Waals surface area contributed by atoms with E-state index in [0.29, 0.717) is 6.04 Å². The summed E-state index contributed by atoms with van der Waals surface area (Å²) in [6.07, 6.45) is 5.39. The smallest absolute Gasteiger partial charge is 0.253 e. The van der Waals surface area contributed by atoms with Crippen LogP contribution in [-0.2, 0) is 5.41 Å². The normalized spacial score (nSPS) is 22.1. The van der Waals surface area contributed by atoms with E-state index in [2.05, 4.69) is 45.0 Å². The lowest BCUT2D eigenvalue weighted by atomic mass is 9.95. The zero-order valence-electron chi connectivity index (χ0n) is 16.8. The van der Waals surface area contributed by atoms with Crippen LogP contribution in [0.3, 0.4) is 0 Å². The fourth-order valence-corrected chi connectivity index (χ4v) is 4.63. The number of H-pyrrole nitrogens is 1. The van der Waals surface area contributed by atoms with Crippen molar-refractivity contribution >= 4 is 11.7 Å². The number of aromatic nitrogens is 2. The standard InChI is InChI=1S/C22H29N5O/c1-3-15(2)26-8-10-27(11-9-26)19-12-16(4-7-23-19)18-13-17-20(25-18)22(5-6-22)14-24-21(17)28/h4,7,12-13,15,25H,3,5-6,8-11,14H2,1-2H3,(H,24,28). The van der Waals surface area contributed by atoms with Crippen LogP contribution in [0.4, 0.5) is 5.82 Å². The number of pyridine rings is 1. The first-order valence-corrected chi connectivity index (χ1v) is 10.6. The van der Waals surface area contributed by atoms with Gasteiger partial charge in [-0.2, -0.15) is 0 Å². The third-order valence-electron chi connectivity index (χ3n) is 6.94. The molecule has 4 heterocycles. The number of piperazine rings is 1. The zero-order valence-corrected chi connectivity index (χ0v) is 16.8. The van der Waals surface area contributed by atoms with Gasteiger partial charge in [-0.1, -0.05) is 6.92 Å². The molecule has 6 nitrogen and oxygen atoms in total. The van der Waals surface area contributed by atoms with Crippen molar-refractivity contribution in [1.82, 2.24) is 20.2 Å². The molecule has 28 heavy (non-hydrogen) atoms. The molecule has 0 radical (unpaired) electrons. The van der Waals surface area contributed by atoms with Gasteiger partial charge in [-0.3, -0.25) is 9.69 Å². The minimum absolute atomic E-state index is 0.0467. The number of hydrogen-bond donors (Lipinski definition) is 2. The average Bonchev–Trinajstić information content (AvgIpc) is 3.37. The number of carbonyl (C=O) groups is 1. The Balaban J connectivity index is 1.38. The Kier molecular flexibility index (Phi) is 4.19. The topological polar surface area (TPSA) is 64.3 Å². The van der Waals surface area contributed by atoms with Gasteiger partial charge in [0, 0.05) is 67.3 Å². The second kappa shape index (κ2) is 6.62. The maximum Gasteiger partial charge on any atom is 0.253 e. The largest absolute Gasteiger partial charge is 0.357 e. The molecule has 2 fully saturated rings. The van der Waals surface area contributed by atoms with E-state index < -0.39 is 0 Å². The van der Waals surface area contributed by atoms with Gasteiger partial charge in [-0.25, -0.2) is 4.98 Å². The Bertz CT molecular complexity index is 892. The molecule has 2 aromatic heterocycles. The van der Waals surface area contributed by atoms with E-state index in [-0.39, 0.29) is 11.3 Å². The number of carbonyl (C=O) groups excluding carboxylic acids is 1. The van der Waals surface area contributed by atoms with Crippen LogP contribution in [0.2, 0.25) is 0 Å². The molecule has 2 aliphatic heterocycles. The molecular formula is C22H29N5O. The van der Waals surface area contributed by atoms with E-state index in [1.807, 2.05) is 18.3 Å². The van der Waals surface area contributed by atoms with Crippen molar-refractivity contribution in [3.05, 3.63) is 35.7 Å². The van der Waals surface area contributed by atoms with Crippen LogP contribution >= 0.6 is 0 Å². The van der Waals surface area contributed by atoms with E-state index in [4.69, 9.17) is 0 Å². The number of anilines is 1. The molecule has 6 heteroatoms. The fourth-order valence-electron chi connectivity index (χ4n) is 4.63. The maximum absolute atomic E-state index is 12.3. The first kappa shape index (κ1) is 17.7. The van der Waals surface area contributed by atoms with Crippen LogP contribution in [0.5, 0.6) is 0 Å². The first-order valence-electron chi connectivity index (χ1n) is 10.6. The summed E-state index contributed by atoms with van der Waals surface area (Å²) in [7, 11) is 0. The average molecular weight is 380 g/mol. The molecule has 1 atom stereocenters. The zero-order chi connectivity index (χ0) is 19.3. The lowest BCUT2D eigenvalue weighted by Crippen LogP contribution is -2.49. The van der Waals surface area contributed by atoms with Crippen molar-refractivity contribution in [2.75, 3.05) is 37.6 Å². The van der Waals surface area contributed by atoms with Gasteiger partial charge in [-0.15, -0.1) is 0 Å². The molecule has 2 aromatic rings. The fraction of sp³-hybridized carbons (Fsp3) is 0.545. The molecule has 1 saturated carbocycles. The van der Waals surface area contributed by atoms with Gasteiger partial charge in [0.25, 0.3) is 5.91 Å². The number of nitrogens with one attached hydrogen (secondary N) is 2. The monoisotopic (exact) mass is 379 g/mol. The Hall–Kier alpha value is -2.34. The quantitative estimate of drug-likeness (QED) is 0.857. The van der Waals surface area contributed by atoms with Crippen molar-refractivity contribution in [3.63, 3.8) is 0 Å². The Labute approximate surface area is 166 Å². The summed E-state index contributed by atoms with van der Waals surface area (Å²) in [5, 5.41) is 3.05. The first-order chi connectivity index (χ1) is 13.6. The van der Waals surface area contributed by atoms with Gasteiger partial charge < -0.3 is 15.2 Å². The Morgan fingerprint density at radius 1 is 1.21 bits per heavy atom. The van der Waals surface area contributed by atoms with Crippen LogP contribution in [0.1, 0.15) is 49.2 Å². The number of nitrogens with zero attached hydrogens (tertiary/aromatic N) is 3. The predicted molar refractivity (Wildman–Crippen MR) is 111 cm³/mol. The third-order valence-corrected chi connectivity index (χ3v) is 6.94. The third kappa shape index (κ3) is 2.91. The summed E-state index contributed by atoms with van der Waals surface area (Å²) < 4.78 is 0. The van der Waals surface area contributed by atoms with Gasteiger partial charge in [-0.05, 0) is 44.4 Å². The molecule has 0 aromatic carbocycles. The molecule has 1 unspecified atom stereocenters.